The van der Waals surface area contributed by atoms with Gasteiger partial charge in [0.1, 0.15) is 6.54 Å². The number of esters is 1. The molecule has 2 aromatic rings. The van der Waals surface area contributed by atoms with Gasteiger partial charge in [-0.05, 0) is 23.8 Å². The van der Waals surface area contributed by atoms with Gasteiger partial charge in [0.05, 0.1) is 24.9 Å². The number of benzene rings is 2. The van der Waals surface area contributed by atoms with Crippen molar-refractivity contribution < 1.29 is 19.1 Å². The Morgan fingerprint density at radius 2 is 1.86 bits per heavy atom. The molecule has 150 valence electrons. The maximum Gasteiger partial charge on any atom is 0.311 e. The fraction of sp³-hybridized carbons (Fsp3) is 0.190. The van der Waals surface area contributed by atoms with Gasteiger partial charge in [-0.1, -0.05) is 46.3 Å². The van der Waals surface area contributed by atoms with Crippen molar-refractivity contribution in [1.29, 1.82) is 0 Å². The lowest BCUT2D eigenvalue weighted by molar-refractivity contribution is -0.139. The molecule has 1 aliphatic heterocycles. The number of halogens is 1. The van der Waals surface area contributed by atoms with E-state index in [1.54, 1.807) is 18.2 Å². The van der Waals surface area contributed by atoms with Crippen LogP contribution in [-0.4, -0.2) is 31.4 Å². The summed E-state index contributed by atoms with van der Waals surface area (Å²) in [5.74, 6) is -1.15. The lowest BCUT2D eigenvalue weighted by Crippen LogP contribution is -2.39. The molecule has 3 rings (SSSR count). The number of carbonyl (C=O) groups excluding carboxylic acids is 3. The zero-order valence-corrected chi connectivity index (χ0v) is 17.4. The van der Waals surface area contributed by atoms with Crippen LogP contribution in [0.15, 0.2) is 64.8 Å². The molecule has 0 bridgehead atoms. The SMILES string of the molecule is COC(=O)CC1=CC(=O)N(CC(=O)NCc2ccccc2Br)c2ccccc2N1. The molecule has 7 nitrogen and oxygen atoms in total. The van der Waals surface area contributed by atoms with Crippen LogP contribution < -0.4 is 15.5 Å². The van der Waals surface area contributed by atoms with E-state index >= 15 is 0 Å². The third-order valence-corrected chi connectivity index (χ3v) is 5.13. The van der Waals surface area contributed by atoms with Crippen molar-refractivity contribution in [3.05, 3.63) is 70.3 Å². The first-order chi connectivity index (χ1) is 14.0. The number of anilines is 2. The van der Waals surface area contributed by atoms with E-state index in [2.05, 4.69) is 31.3 Å². The number of nitrogens with zero attached hydrogens (tertiary/aromatic N) is 1. The number of hydrogen-bond acceptors (Lipinski definition) is 5. The number of ether oxygens (including phenoxy) is 1. The summed E-state index contributed by atoms with van der Waals surface area (Å²) in [5, 5.41) is 5.92. The summed E-state index contributed by atoms with van der Waals surface area (Å²) in [6.07, 6.45) is 1.25. The molecule has 8 heteroatoms. The largest absolute Gasteiger partial charge is 0.469 e. The highest BCUT2D eigenvalue weighted by Gasteiger charge is 2.24. The van der Waals surface area contributed by atoms with E-state index in [0.717, 1.165) is 10.0 Å². The van der Waals surface area contributed by atoms with E-state index in [9.17, 15) is 14.4 Å². The topological polar surface area (TPSA) is 87.7 Å². The van der Waals surface area contributed by atoms with Crippen LogP contribution >= 0.6 is 15.9 Å². The Morgan fingerprint density at radius 3 is 2.62 bits per heavy atom. The molecule has 0 saturated heterocycles. The van der Waals surface area contributed by atoms with Gasteiger partial charge in [-0.15, -0.1) is 0 Å². The highest BCUT2D eigenvalue weighted by atomic mass is 79.9. The van der Waals surface area contributed by atoms with Crippen LogP contribution in [0.4, 0.5) is 11.4 Å². The minimum absolute atomic E-state index is 0.0708. The molecular weight excluding hydrogens is 438 g/mol. The van der Waals surface area contributed by atoms with E-state index in [1.807, 2.05) is 30.3 Å². The first-order valence-corrected chi connectivity index (χ1v) is 9.72. The Labute approximate surface area is 176 Å². The van der Waals surface area contributed by atoms with Crippen LogP contribution in [0.5, 0.6) is 0 Å². The van der Waals surface area contributed by atoms with Crippen LogP contribution in [-0.2, 0) is 25.7 Å². The summed E-state index contributed by atoms with van der Waals surface area (Å²) >= 11 is 3.45. The first kappa shape index (κ1) is 20.6. The van der Waals surface area contributed by atoms with Gasteiger partial charge < -0.3 is 15.4 Å². The van der Waals surface area contributed by atoms with E-state index in [0.29, 0.717) is 23.6 Å². The molecule has 1 heterocycles. The Morgan fingerprint density at radius 1 is 1.14 bits per heavy atom. The highest BCUT2D eigenvalue weighted by Crippen LogP contribution is 2.30. The van der Waals surface area contributed by atoms with E-state index in [1.165, 1.54) is 18.1 Å². The number of nitrogens with one attached hydrogen (secondary N) is 2. The number of methoxy groups -OCH3 is 1. The van der Waals surface area contributed by atoms with Gasteiger partial charge in [-0.3, -0.25) is 19.3 Å². The second-order valence-electron chi connectivity index (χ2n) is 6.36. The molecule has 2 N–H and O–H groups in total. The Bertz CT molecular complexity index is 974. The van der Waals surface area contributed by atoms with Gasteiger partial charge in [-0.2, -0.15) is 0 Å². The van der Waals surface area contributed by atoms with Crippen molar-refractivity contribution >= 4 is 45.1 Å². The van der Waals surface area contributed by atoms with Crippen LogP contribution in [0, 0.1) is 0 Å². The Hall–Kier alpha value is -3.13. The molecule has 0 radical (unpaired) electrons. The Kier molecular flexibility index (Phi) is 6.66. The van der Waals surface area contributed by atoms with Gasteiger partial charge in [0.2, 0.25) is 5.91 Å². The van der Waals surface area contributed by atoms with Crippen molar-refractivity contribution in [3.63, 3.8) is 0 Å². The predicted molar refractivity (Wildman–Crippen MR) is 113 cm³/mol. The number of fused-ring (bicyclic) bond motifs is 1. The molecule has 0 unspecified atom stereocenters. The lowest BCUT2D eigenvalue weighted by atomic mass is 10.2. The van der Waals surface area contributed by atoms with Crippen molar-refractivity contribution in [2.75, 3.05) is 23.9 Å². The summed E-state index contributed by atoms with van der Waals surface area (Å²) in [7, 11) is 1.29. The maximum absolute atomic E-state index is 12.8. The summed E-state index contributed by atoms with van der Waals surface area (Å²) in [6, 6.07) is 14.7. The number of amides is 2. The normalized spacial score (nSPS) is 13.0. The summed E-state index contributed by atoms with van der Waals surface area (Å²) in [5.41, 5.74) is 2.53. The number of carbonyl (C=O) groups is 3. The van der Waals surface area contributed by atoms with Gasteiger partial charge in [-0.25, -0.2) is 0 Å². The third kappa shape index (κ3) is 5.23. The lowest BCUT2D eigenvalue weighted by Gasteiger charge is -2.21. The monoisotopic (exact) mass is 457 g/mol. The van der Waals surface area contributed by atoms with Crippen molar-refractivity contribution in [3.8, 4) is 0 Å². The average Bonchev–Trinajstić information content (AvgIpc) is 2.83. The fourth-order valence-corrected chi connectivity index (χ4v) is 3.32. The zero-order valence-electron chi connectivity index (χ0n) is 15.8. The number of hydrogen-bond donors (Lipinski definition) is 2. The molecule has 0 fully saturated rings. The summed E-state index contributed by atoms with van der Waals surface area (Å²) < 4.78 is 5.58. The number of rotatable bonds is 6. The van der Waals surface area contributed by atoms with Crippen LogP contribution in [0.2, 0.25) is 0 Å². The summed E-state index contributed by atoms with van der Waals surface area (Å²) in [4.78, 5) is 38.3. The van der Waals surface area contributed by atoms with E-state index in [-0.39, 0.29) is 18.9 Å². The Balaban J connectivity index is 1.76. The van der Waals surface area contributed by atoms with Gasteiger partial charge in [0, 0.05) is 22.8 Å². The third-order valence-electron chi connectivity index (χ3n) is 4.35. The molecule has 2 aromatic carbocycles. The van der Waals surface area contributed by atoms with Crippen LogP contribution in [0.1, 0.15) is 12.0 Å². The van der Waals surface area contributed by atoms with Crippen molar-refractivity contribution in [2.24, 2.45) is 0 Å². The fourth-order valence-electron chi connectivity index (χ4n) is 2.89. The van der Waals surface area contributed by atoms with Gasteiger partial charge in [0.15, 0.2) is 0 Å². The van der Waals surface area contributed by atoms with E-state index in [4.69, 9.17) is 0 Å². The molecule has 29 heavy (non-hydrogen) atoms. The minimum Gasteiger partial charge on any atom is -0.469 e. The first-order valence-electron chi connectivity index (χ1n) is 8.93. The smallest absolute Gasteiger partial charge is 0.311 e. The van der Waals surface area contributed by atoms with Crippen molar-refractivity contribution in [1.82, 2.24) is 5.32 Å². The molecule has 2 amide bonds. The number of para-hydroxylation sites is 2. The molecule has 0 aliphatic carbocycles. The van der Waals surface area contributed by atoms with Crippen LogP contribution in [0.25, 0.3) is 0 Å². The molecule has 1 aliphatic rings. The minimum atomic E-state index is -0.464. The standard InChI is InChI=1S/C21H20BrN3O4/c1-29-21(28)11-15-10-20(27)25(18-9-5-4-8-17(18)24-15)13-19(26)23-12-14-6-2-3-7-16(14)22/h2-10,24H,11-13H2,1H3,(H,23,26). The summed E-state index contributed by atoms with van der Waals surface area (Å²) in [6.45, 7) is 0.190. The molecule has 0 atom stereocenters. The molecule has 0 aromatic heterocycles. The molecular formula is C21H20BrN3O4. The quantitative estimate of drug-likeness (QED) is 0.651. The zero-order chi connectivity index (χ0) is 20.8. The van der Waals surface area contributed by atoms with Crippen LogP contribution in [0.3, 0.4) is 0 Å². The van der Waals surface area contributed by atoms with Gasteiger partial charge in [0.25, 0.3) is 5.91 Å². The van der Waals surface area contributed by atoms with E-state index < -0.39 is 11.9 Å². The molecule has 0 saturated carbocycles. The second-order valence-corrected chi connectivity index (χ2v) is 7.21. The maximum atomic E-state index is 12.8. The predicted octanol–water partition coefficient (Wildman–Crippen LogP) is 2.97. The second kappa shape index (κ2) is 9.38. The highest BCUT2D eigenvalue weighted by molar-refractivity contribution is 9.10. The molecule has 0 spiro atoms. The van der Waals surface area contributed by atoms with Gasteiger partial charge >= 0.3 is 5.97 Å². The van der Waals surface area contributed by atoms with Crippen molar-refractivity contribution in [2.45, 2.75) is 13.0 Å². The average molecular weight is 458 g/mol.